The van der Waals surface area contributed by atoms with Crippen molar-refractivity contribution in [2.24, 2.45) is 0 Å². The molecule has 0 spiro atoms. The summed E-state index contributed by atoms with van der Waals surface area (Å²) in [6, 6.07) is 0. The zero-order valence-electron chi connectivity index (χ0n) is 8.49. The molecule has 18 heavy (non-hydrogen) atoms. The number of rotatable bonds is 4. The minimum Gasteiger partial charge on any atom is -0.366 e. The van der Waals surface area contributed by atoms with Crippen LogP contribution in [0.5, 0.6) is 0 Å². The van der Waals surface area contributed by atoms with Crippen LogP contribution in [0.15, 0.2) is 18.7 Å². The van der Waals surface area contributed by atoms with Gasteiger partial charge in [-0.15, -0.1) is 0 Å². The molecule has 0 unspecified atom stereocenters. The van der Waals surface area contributed by atoms with Gasteiger partial charge in [-0.25, -0.2) is 4.98 Å². The molecule has 0 bridgehead atoms. The summed E-state index contributed by atoms with van der Waals surface area (Å²) in [4.78, 5) is 38.7. The van der Waals surface area contributed by atoms with Gasteiger partial charge in [0.15, 0.2) is 17.4 Å². The molecule has 1 aromatic rings. The van der Waals surface area contributed by atoms with E-state index in [-0.39, 0.29) is 36.8 Å². The Morgan fingerprint density at radius 2 is 1.61 bits per heavy atom. The summed E-state index contributed by atoms with van der Waals surface area (Å²) in [5, 5.41) is 6.04. The van der Waals surface area contributed by atoms with Crippen LogP contribution in [0.2, 0.25) is 0 Å². The van der Waals surface area contributed by atoms with Crippen LogP contribution in [0.4, 0.5) is 0 Å². The van der Waals surface area contributed by atoms with Crippen molar-refractivity contribution in [1.82, 2.24) is 9.55 Å². The second-order valence-corrected chi connectivity index (χ2v) is 7.11. The molecule has 0 aromatic carbocycles. The number of hydrogen-bond acceptors (Lipinski definition) is 4. The number of imidazole rings is 1. The first-order chi connectivity index (χ1) is 7.08. The summed E-state index contributed by atoms with van der Waals surface area (Å²) in [6.45, 7) is -0.957. The number of nitrogens with zero attached hydrogens (tertiary/aromatic N) is 2. The SMILES string of the molecule is O=P(O)(O)C(O)(Cn1ccnc1)P(=O)(O)O.[AlH3].[Zn]. The van der Waals surface area contributed by atoms with E-state index in [0.717, 1.165) is 10.9 Å². The van der Waals surface area contributed by atoms with Crippen LogP contribution in [-0.2, 0) is 35.2 Å². The predicted octanol–water partition coefficient (Wildman–Crippen LogP) is -2.30. The largest absolute Gasteiger partial charge is 0.371 e. The van der Waals surface area contributed by atoms with E-state index in [1.54, 1.807) is 0 Å². The molecule has 0 saturated carbocycles. The number of aromatic nitrogens is 2. The van der Waals surface area contributed by atoms with Crippen LogP contribution in [0.25, 0.3) is 0 Å². The van der Waals surface area contributed by atoms with E-state index in [0.29, 0.717) is 0 Å². The van der Waals surface area contributed by atoms with Crippen molar-refractivity contribution in [3.05, 3.63) is 18.7 Å². The van der Waals surface area contributed by atoms with Gasteiger partial charge < -0.3 is 29.2 Å². The molecular weight excluding hydrogens is 354 g/mol. The van der Waals surface area contributed by atoms with Crippen LogP contribution >= 0.6 is 15.2 Å². The van der Waals surface area contributed by atoms with Gasteiger partial charge in [0, 0.05) is 31.9 Å². The van der Waals surface area contributed by atoms with Crippen LogP contribution in [0, 0.1) is 0 Å². The first kappa shape index (κ1) is 20.9. The Hall–Kier alpha value is 0.626. The molecular formula is C5H13AlN2O7P2Zn. The Morgan fingerprint density at radius 3 is 1.89 bits per heavy atom. The molecule has 13 heteroatoms. The van der Waals surface area contributed by atoms with E-state index in [1.807, 2.05) is 0 Å². The summed E-state index contributed by atoms with van der Waals surface area (Å²) in [5.74, 6) is 0. The monoisotopic (exact) mass is 366 g/mol. The van der Waals surface area contributed by atoms with Gasteiger partial charge in [-0.1, -0.05) is 0 Å². The first-order valence-electron chi connectivity index (χ1n) is 3.87. The predicted molar refractivity (Wildman–Crippen MR) is 61.2 cm³/mol. The molecule has 5 N–H and O–H groups in total. The van der Waals surface area contributed by atoms with Gasteiger partial charge >= 0.3 is 15.2 Å². The van der Waals surface area contributed by atoms with Crippen molar-refractivity contribution in [2.45, 2.75) is 11.6 Å². The normalized spacial score (nSPS) is 12.5. The van der Waals surface area contributed by atoms with Gasteiger partial charge in [0.1, 0.15) is 0 Å². The number of hydrogen-bond donors (Lipinski definition) is 5. The number of aliphatic hydroxyl groups is 1. The van der Waals surface area contributed by atoms with Crippen LogP contribution < -0.4 is 0 Å². The van der Waals surface area contributed by atoms with E-state index in [4.69, 9.17) is 19.6 Å². The summed E-state index contributed by atoms with van der Waals surface area (Å²) >= 11 is 0. The van der Waals surface area contributed by atoms with E-state index in [1.165, 1.54) is 12.4 Å². The first-order valence-corrected chi connectivity index (χ1v) is 7.10. The molecule has 1 rings (SSSR count). The maximum absolute atomic E-state index is 10.9. The minimum absolute atomic E-state index is 0. The second-order valence-electron chi connectivity index (χ2n) is 3.10. The van der Waals surface area contributed by atoms with Crippen LogP contribution in [0.1, 0.15) is 0 Å². The topological polar surface area (TPSA) is 153 Å². The molecule has 0 aliphatic rings. The Morgan fingerprint density at radius 1 is 1.17 bits per heavy atom. The molecule has 0 aliphatic carbocycles. The van der Waals surface area contributed by atoms with Crippen molar-refractivity contribution < 1.29 is 53.3 Å². The third-order valence-corrected chi connectivity index (χ3v) is 5.60. The van der Waals surface area contributed by atoms with E-state index < -0.39 is 26.8 Å². The maximum Gasteiger partial charge on any atom is 0.371 e. The summed E-state index contributed by atoms with van der Waals surface area (Å²) in [5.41, 5.74) is 0. The molecule has 9 nitrogen and oxygen atoms in total. The molecule has 0 fully saturated rings. The molecule has 0 aliphatic heterocycles. The van der Waals surface area contributed by atoms with Gasteiger partial charge in [0.2, 0.25) is 0 Å². The Kier molecular flexibility index (Phi) is 7.99. The Labute approximate surface area is 125 Å². The smallest absolute Gasteiger partial charge is 0.366 e. The standard InChI is InChI=1S/C5H10N2O7P2.Al.Zn.3H/c8-5(15(9,10)11,16(12,13)14)3-7-2-1-6-4-7;;;;;/h1-2,4,8H,3H2,(H2,9,10,11)(H2,12,13,14);;;;;. The molecule has 0 atom stereocenters. The fraction of sp³-hybridized carbons (Fsp3) is 0.400. The molecule has 0 amide bonds. The van der Waals surface area contributed by atoms with Gasteiger partial charge in [0.05, 0.1) is 12.9 Å². The zero-order chi connectivity index (χ0) is 12.6. The van der Waals surface area contributed by atoms with Gasteiger partial charge in [-0.05, 0) is 0 Å². The van der Waals surface area contributed by atoms with E-state index >= 15 is 0 Å². The van der Waals surface area contributed by atoms with Crippen molar-refractivity contribution in [3.63, 3.8) is 0 Å². The quantitative estimate of drug-likeness (QED) is 0.294. The molecule has 100 valence electrons. The molecule has 0 saturated heterocycles. The Bertz CT molecular complexity index is 434. The third-order valence-electron chi connectivity index (χ3n) is 1.89. The second kappa shape index (κ2) is 6.87. The van der Waals surface area contributed by atoms with Crippen molar-refractivity contribution in [3.8, 4) is 0 Å². The molecule has 1 heterocycles. The summed E-state index contributed by atoms with van der Waals surface area (Å²) in [6.07, 6.45) is 3.51. The third kappa shape index (κ3) is 4.33. The van der Waals surface area contributed by atoms with Gasteiger partial charge in [0.25, 0.3) is 5.08 Å². The average molecular weight is 367 g/mol. The van der Waals surface area contributed by atoms with Gasteiger partial charge in [-0.2, -0.15) is 0 Å². The fourth-order valence-corrected chi connectivity index (χ4v) is 3.03. The van der Waals surface area contributed by atoms with Crippen molar-refractivity contribution >= 4 is 32.6 Å². The van der Waals surface area contributed by atoms with Crippen molar-refractivity contribution in [2.75, 3.05) is 0 Å². The molecule has 1 aromatic heterocycles. The Balaban J connectivity index is 0. The zero-order valence-corrected chi connectivity index (χ0v) is 13.2. The summed E-state index contributed by atoms with van der Waals surface area (Å²) < 4.78 is 22.8. The van der Waals surface area contributed by atoms with Crippen LogP contribution in [-0.4, -0.2) is 56.7 Å². The van der Waals surface area contributed by atoms with E-state index in [9.17, 15) is 14.2 Å². The average Bonchev–Trinajstić information content (AvgIpc) is 2.52. The molecule has 0 radical (unpaired) electrons. The van der Waals surface area contributed by atoms with Gasteiger partial charge in [-0.3, -0.25) is 9.13 Å². The maximum atomic E-state index is 10.9. The fourth-order valence-electron chi connectivity index (χ4n) is 0.979. The van der Waals surface area contributed by atoms with Crippen LogP contribution in [0.3, 0.4) is 0 Å². The van der Waals surface area contributed by atoms with E-state index in [2.05, 4.69) is 4.98 Å². The minimum atomic E-state index is -5.41. The summed E-state index contributed by atoms with van der Waals surface area (Å²) in [7, 11) is -10.8. The van der Waals surface area contributed by atoms with Crippen molar-refractivity contribution in [1.29, 1.82) is 0 Å².